The molecular weight excluding hydrogens is 282 g/mol. The number of rotatable bonds is 2. The zero-order valence-corrected chi connectivity index (χ0v) is 11.4. The molecule has 1 fully saturated rings. The van der Waals surface area contributed by atoms with Crippen LogP contribution in [0.5, 0.6) is 0 Å². The van der Waals surface area contributed by atoms with Crippen molar-refractivity contribution in [2.75, 3.05) is 0 Å². The zero-order valence-electron chi connectivity index (χ0n) is 9.82. The summed E-state index contributed by atoms with van der Waals surface area (Å²) in [5.74, 6) is 1.12. The third-order valence-electron chi connectivity index (χ3n) is 3.78. The second kappa shape index (κ2) is 4.83. The molecule has 1 aromatic rings. The van der Waals surface area contributed by atoms with E-state index in [2.05, 4.69) is 28.9 Å². The zero-order chi connectivity index (χ0) is 12.5. The van der Waals surface area contributed by atoms with Crippen molar-refractivity contribution in [3.05, 3.63) is 22.6 Å². The minimum absolute atomic E-state index is 0.480. The number of hydrogen-bond acceptors (Lipinski definition) is 3. The van der Waals surface area contributed by atoms with E-state index in [4.69, 9.17) is 4.42 Å². The van der Waals surface area contributed by atoms with Crippen LogP contribution in [0.15, 0.2) is 21.2 Å². The number of halogens is 1. The van der Waals surface area contributed by atoms with E-state index < -0.39 is 11.5 Å². The van der Waals surface area contributed by atoms with E-state index in [1.807, 2.05) is 0 Å². The molecule has 0 radical (unpaired) electrons. The van der Waals surface area contributed by atoms with Crippen LogP contribution in [-0.2, 0) is 0 Å². The summed E-state index contributed by atoms with van der Waals surface area (Å²) in [6.07, 6.45) is 2.64. The van der Waals surface area contributed by atoms with Crippen LogP contribution in [0.1, 0.15) is 44.5 Å². The highest BCUT2D eigenvalue weighted by Crippen LogP contribution is 2.47. The number of aliphatic hydroxyl groups excluding tert-OH is 1. The molecule has 92 valence electrons. The minimum Gasteiger partial charge on any atom is -0.452 e. The molecule has 1 saturated carbocycles. The molecule has 0 aliphatic heterocycles. The molecule has 1 heterocycles. The van der Waals surface area contributed by atoms with Crippen LogP contribution < -0.4 is 0 Å². The van der Waals surface area contributed by atoms with Crippen LogP contribution in [0.25, 0.3) is 0 Å². The van der Waals surface area contributed by atoms with Gasteiger partial charge in [0.05, 0.1) is 11.5 Å². The molecule has 0 spiro atoms. The average Bonchev–Trinajstić information content (AvgIpc) is 2.76. The Morgan fingerprint density at radius 2 is 2.18 bits per heavy atom. The van der Waals surface area contributed by atoms with Gasteiger partial charge in [-0.1, -0.05) is 6.92 Å². The normalized spacial score (nSPS) is 30.8. The van der Waals surface area contributed by atoms with Crippen LogP contribution in [0.2, 0.25) is 0 Å². The molecule has 0 aromatic carbocycles. The quantitative estimate of drug-likeness (QED) is 0.903. The van der Waals surface area contributed by atoms with Gasteiger partial charge in [-0.3, -0.25) is 0 Å². The van der Waals surface area contributed by atoms with Gasteiger partial charge < -0.3 is 9.52 Å². The Bertz CT molecular complexity index is 427. The van der Waals surface area contributed by atoms with Crippen molar-refractivity contribution in [3.63, 3.8) is 0 Å². The topological polar surface area (TPSA) is 57.2 Å². The van der Waals surface area contributed by atoms with Gasteiger partial charge in [0.25, 0.3) is 0 Å². The van der Waals surface area contributed by atoms with Crippen LogP contribution >= 0.6 is 15.9 Å². The van der Waals surface area contributed by atoms with E-state index >= 15 is 0 Å². The van der Waals surface area contributed by atoms with Gasteiger partial charge in [0.15, 0.2) is 4.67 Å². The highest BCUT2D eigenvalue weighted by Gasteiger charge is 2.43. The van der Waals surface area contributed by atoms with Gasteiger partial charge in [-0.25, -0.2) is 0 Å². The van der Waals surface area contributed by atoms with Gasteiger partial charge in [0, 0.05) is 0 Å². The van der Waals surface area contributed by atoms with Gasteiger partial charge in [0.2, 0.25) is 0 Å². The summed E-state index contributed by atoms with van der Waals surface area (Å²) >= 11 is 3.21. The predicted molar refractivity (Wildman–Crippen MR) is 67.0 cm³/mol. The highest BCUT2D eigenvalue weighted by atomic mass is 79.9. The molecule has 1 aliphatic rings. The van der Waals surface area contributed by atoms with Crippen LogP contribution in [0.4, 0.5) is 0 Å². The molecule has 4 heteroatoms. The number of aliphatic hydroxyl groups is 1. The lowest BCUT2D eigenvalue weighted by atomic mass is 9.68. The number of nitrogens with zero attached hydrogens (tertiary/aromatic N) is 1. The highest BCUT2D eigenvalue weighted by molar-refractivity contribution is 9.10. The van der Waals surface area contributed by atoms with Crippen molar-refractivity contribution >= 4 is 15.9 Å². The van der Waals surface area contributed by atoms with E-state index in [-0.39, 0.29) is 0 Å². The number of hydrogen-bond donors (Lipinski definition) is 1. The first-order valence-electron chi connectivity index (χ1n) is 5.92. The summed E-state index contributed by atoms with van der Waals surface area (Å²) in [7, 11) is 0. The fourth-order valence-corrected chi connectivity index (χ4v) is 2.79. The van der Waals surface area contributed by atoms with Crippen molar-refractivity contribution in [2.24, 2.45) is 11.3 Å². The van der Waals surface area contributed by atoms with E-state index in [1.165, 1.54) is 0 Å². The lowest BCUT2D eigenvalue weighted by Crippen LogP contribution is -2.31. The van der Waals surface area contributed by atoms with E-state index in [0.717, 1.165) is 25.7 Å². The maximum Gasteiger partial charge on any atom is 0.169 e. The van der Waals surface area contributed by atoms with Crippen LogP contribution in [0.3, 0.4) is 0 Å². The average molecular weight is 298 g/mol. The smallest absolute Gasteiger partial charge is 0.169 e. The van der Waals surface area contributed by atoms with Gasteiger partial charge in [-0.15, -0.1) is 0 Å². The number of nitriles is 1. The molecule has 1 atom stereocenters. The molecule has 0 bridgehead atoms. The summed E-state index contributed by atoms with van der Waals surface area (Å²) in [5.41, 5.74) is -0.677. The molecule has 1 aromatic heterocycles. The summed E-state index contributed by atoms with van der Waals surface area (Å²) < 4.78 is 5.95. The fraction of sp³-hybridized carbons (Fsp3) is 0.615. The van der Waals surface area contributed by atoms with Crippen molar-refractivity contribution in [1.82, 2.24) is 0 Å². The maximum absolute atomic E-state index is 10.4. The standard InChI is InChI=1S/C13H16BrNO2/c1-9-4-6-13(8-15,7-5-9)12(16)10-2-3-11(14)17-10/h2-3,9,12,16H,4-7H2,1H3. The third-order valence-corrected chi connectivity index (χ3v) is 4.20. The Labute approximate surface area is 110 Å². The predicted octanol–water partition coefficient (Wildman–Crippen LogP) is 3.80. The molecule has 1 aliphatic carbocycles. The monoisotopic (exact) mass is 297 g/mol. The molecule has 3 nitrogen and oxygen atoms in total. The van der Waals surface area contributed by atoms with E-state index in [1.54, 1.807) is 12.1 Å². The Morgan fingerprint density at radius 3 is 2.65 bits per heavy atom. The molecule has 2 rings (SSSR count). The molecule has 1 unspecified atom stereocenters. The lowest BCUT2D eigenvalue weighted by molar-refractivity contribution is 0.0111. The van der Waals surface area contributed by atoms with Crippen molar-refractivity contribution in [1.29, 1.82) is 5.26 Å². The van der Waals surface area contributed by atoms with Gasteiger partial charge in [-0.05, 0) is 59.7 Å². The molecular formula is C13H16BrNO2. The SMILES string of the molecule is CC1CCC(C#N)(C(O)c2ccc(Br)o2)CC1. The number of furan rings is 1. The molecule has 0 saturated heterocycles. The van der Waals surface area contributed by atoms with Crippen molar-refractivity contribution in [3.8, 4) is 6.07 Å². The van der Waals surface area contributed by atoms with E-state index in [0.29, 0.717) is 16.3 Å². The summed E-state index contributed by atoms with van der Waals surface area (Å²) in [4.78, 5) is 0. The second-order valence-corrected chi connectivity index (χ2v) is 5.78. The van der Waals surface area contributed by atoms with Gasteiger partial charge in [-0.2, -0.15) is 5.26 Å². The Kier molecular flexibility index (Phi) is 3.60. The van der Waals surface area contributed by atoms with Crippen LogP contribution in [0, 0.1) is 22.7 Å². The third kappa shape index (κ3) is 2.41. The lowest BCUT2D eigenvalue weighted by Gasteiger charge is -2.36. The van der Waals surface area contributed by atoms with Gasteiger partial charge in [0.1, 0.15) is 11.9 Å². The fourth-order valence-electron chi connectivity index (χ4n) is 2.47. The Morgan fingerprint density at radius 1 is 1.53 bits per heavy atom. The molecule has 17 heavy (non-hydrogen) atoms. The maximum atomic E-state index is 10.4. The summed E-state index contributed by atoms with van der Waals surface area (Å²) in [6.45, 7) is 2.19. The first-order chi connectivity index (χ1) is 8.07. The second-order valence-electron chi connectivity index (χ2n) is 4.99. The first kappa shape index (κ1) is 12.7. The summed E-state index contributed by atoms with van der Waals surface area (Å²) in [5, 5.41) is 19.8. The largest absolute Gasteiger partial charge is 0.452 e. The van der Waals surface area contributed by atoms with Crippen LogP contribution in [-0.4, -0.2) is 5.11 Å². The molecule has 0 amide bonds. The van der Waals surface area contributed by atoms with Crippen molar-refractivity contribution in [2.45, 2.75) is 38.7 Å². The Balaban J connectivity index is 2.21. The minimum atomic E-state index is -0.828. The Hall–Kier alpha value is -0.790. The first-order valence-corrected chi connectivity index (χ1v) is 6.71. The van der Waals surface area contributed by atoms with Crippen molar-refractivity contribution < 1.29 is 9.52 Å². The van der Waals surface area contributed by atoms with Gasteiger partial charge >= 0.3 is 0 Å². The molecule has 1 N–H and O–H groups in total. The van der Waals surface area contributed by atoms with E-state index in [9.17, 15) is 10.4 Å². The summed E-state index contributed by atoms with van der Waals surface area (Å²) in [6, 6.07) is 5.79.